The summed E-state index contributed by atoms with van der Waals surface area (Å²) in [5.74, 6) is 0. The molecule has 1 aliphatic carbocycles. The topological polar surface area (TPSA) is 32.3 Å². The van der Waals surface area contributed by atoms with Crippen LogP contribution in [-0.4, -0.2) is 18.3 Å². The van der Waals surface area contributed by atoms with Gasteiger partial charge < -0.3 is 10.4 Å². The Balaban J connectivity index is 1.85. The van der Waals surface area contributed by atoms with Gasteiger partial charge in [0, 0.05) is 25.1 Å². The van der Waals surface area contributed by atoms with Gasteiger partial charge in [-0.05, 0) is 37.8 Å². The van der Waals surface area contributed by atoms with E-state index in [0.29, 0.717) is 6.61 Å². The van der Waals surface area contributed by atoms with Crippen LogP contribution in [0.1, 0.15) is 36.0 Å². The van der Waals surface area contributed by atoms with E-state index < -0.39 is 0 Å². The van der Waals surface area contributed by atoms with Crippen LogP contribution in [0.5, 0.6) is 0 Å². The number of aliphatic hydroxyl groups is 1. The van der Waals surface area contributed by atoms with E-state index >= 15 is 0 Å². The average Bonchev–Trinajstić information content (AvgIpc) is 2.25. The van der Waals surface area contributed by atoms with Gasteiger partial charge in [0.2, 0.25) is 0 Å². The van der Waals surface area contributed by atoms with E-state index in [1.54, 1.807) is 0 Å². The third-order valence-corrected chi connectivity index (χ3v) is 4.06. The van der Waals surface area contributed by atoms with E-state index in [1.807, 2.05) is 0 Å². The zero-order chi connectivity index (χ0) is 12.3. The van der Waals surface area contributed by atoms with Crippen molar-refractivity contribution in [3.63, 3.8) is 0 Å². The zero-order valence-corrected chi connectivity index (χ0v) is 10.9. The van der Waals surface area contributed by atoms with Gasteiger partial charge in [-0.3, -0.25) is 0 Å². The third kappa shape index (κ3) is 2.88. The third-order valence-electron chi connectivity index (χ3n) is 4.06. The molecule has 1 saturated carbocycles. The first-order valence-corrected chi connectivity index (χ1v) is 6.53. The van der Waals surface area contributed by atoms with Crippen molar-refractivity contribution in [2.45, 2.75) is 39.7 Å². The second kappa shape index (κ2) is 5.19. The van der Waals surface area contributed by atoms with Crippen molar-refractivity contribution < 1.29 is 5.11 Å². The molecule has 0 aromatic heterocycles. The lowest BCUT2D eigenvalue weighted by Crippen LogP contribution is -2.42. The predicted molar refractivity (Wildman–Crippen MR) is 71.0 cm³/mol. The van der Waals surface area contributed by atoms with E-state index in [1.165, 1.54) is 36.0 Å². The summed E-state index contributed by atoms with van der Waals surface area (Å²) in [6.07, 6.45) is 3.61. The van der Waals surface area contributed by atoms with Gasteiger partial charge in [0.25, 0.3) is 0 Å². The first-order valence-electron chi connectivity index (χ1n) is 6.53. The van der Waals surface area contributed by atoms with Crippen LogP contribution in [0, 0.1) is 19.3 Å². The summed E-state index contributed by atoms with van der Waals surface area (Å²) in [5, 5.41) is 12.9. The summed E-state index contributed by atoms with van der Waals surface area (Å²) in [6, 6.07) is 6.58. The highest BCUT2D eigenvalue weighted by molar-refractivity contribution is 5.30. The highest BCUT2D eigenvalue weighted by Gasteiger charge is 2.35. The van der Waals surface area contributed by atoms with Crippen LogP contribution < -0.4 is 5.32 Å². The molecule has 0 unspecified atom stereocenters. The van der Waals surface area contributed by atoms with Crippen LogP contribution in [0.3, 0.4) is 0 Å². The highest BCUT2D eigenvalue weighted by atomic mass is 16.3. The second-order valence-corrected chi connectivity index (χ2v) is 5.55. The van der Waals surface area contributed by atoms with E-state index in [9.17, 15) is 5.11 Å². The molecule has 94 valence electrons. The maximum Gasteiger partial charge on any atom is 0.0499 e. The Bertz CT molecular complexity index is 377. The molecule has 2 N–H and O–H groups in total. The first kappa shape index (κ1) is 12.6. The van der Waals surface area contributed by atoms with Gasteiger partial charge in [-0.15, -0.1) is 0 Å². The van der Waals surface area contributed by atoms with Crippen molar-refractivity contribution in [1.82, 2.24) is 5.32 Å². The summed E-state index contributed by atoms with van der Waals surface area (Å²) in [5.41, 5.74) is 4.21. The maximum absolute atomic E-state index is 9.38. The number of hydrogen-bond acceptors (Lipinski definition) is 2. The largest absolute Gasteiger partial charge is 0.396 e. The average molecular weight is 233 g/mol. The van der Waals surface area contributed by atoms with Crippen molar-refractivity contribution in [2.24, 2.45) is 5.41 Å². The Kier molecular flexibility index (Phi) is 3.85. The Morgan fingerprint density at radius 2 is 2.06 bits per heavy atom. The molecule has 1 aromatic rings. The van der Waals surface area contributed by atoms with E-state index in [0.717, 1.165) is 13.1 Å². The van der Waals surface area contributed by atoms with Crippen molar-refractivity contribution in [2.75, 3.05) is 13.2 Å². The fraction of sp³-hybridized carbons (Fsp3) is 0.600. The molecule has 2 heteroatoms. The molecule has 1 aromatic carbocycles. The number of benzene rings is 1. The Morgan fingerprint density at radius 1 is 1.29 bits per heavy atom. The van der Waals surface area contributed by atoms with Crippen LogP contribution in [0.2, 0.25) is 0 Å². The SMILES string of the molecule is Cc1ccc(CNCC2(CO)CCC2)c(C)c1. The van der Waals surface area contributed by atoms with Gasteiger partial charge in [-0.25, -0.2) is 0 Å². The lowest BCUT2D eigenvalue weighted by atomic mass is 9.69. The summed E-state index contributed by atoms with van der Waals surface area (Å²) in [4.78, 5) is 0. The molecular formula is C15H23NO. The number of rotatable bonds is 5. The van der Waals surface area contributed by atoms with Gasteiger partial charge in [0.1, 0.15) is 0 Å². The normalized spacial score (nSPS) is 17.8. The number of aliphatic hydroxyl groups excluding tert-OH is 1. The quantitative estimate of drug-likeness (QED) is 0.819. The number of aryl methyl sites for hydroxylation is 2. The molecule has 0 aliphatic heterocycles. The molecule has 0 heterocycles. The molecule has 0 radical (unpaired) electrons. The molecule has 1 aliphatic rings. The van der Waals surface area contributed by atoms with Crippen molar-refractivity contribution in [3.05, 3.63) is 34.9 Å². The van der Waals surface area contributed by atoms with Crippen molar-refractivity contribution in [1.29, 1.82) is 0 Å². The van der Waals surface area contributed by atoms with Crippen LogP contribution in [0.15, 0.2) is 18.2 Å². The molecule has 0 amide bonds. The number of nitrogens with one attached hydrogen (secondary N) is 1. The number of hydrogen-bond donors (Lipinski definition) is 2. The van der Waals surface area contributed by atoms with Gasteiger partial charge >= 0.3 is 0 Å². The molecule has 0 spiro atoms. The summed E-state index contributed by atoms with van der Waals surface area (Å²) in [7, 11) is 0. The molecule has 2 rings (SSSR count). The molecule has 17 heavy (non-hydrogen) atoms. The van der Waals surface area contributed by atoms with Crippen LogP contribution in [0.25, 0.3) is 0 Å². The first-order chi connectivity index (χ1) is 8.15. The Morgan fingerprint density at radius 3 is 2.59 bits per heavy atom. The van der Waals surface area contributed by atoms with Gasteiger partial charge in [-0.1, -0.05) is 30.2 Å². The van der Waals surface area contributed by atoms with E-state index in [2.05, 4.69) is 37.4 Å². The summed E-state index contributed by atoms with van der Waals surface area (Å²) in [6.45, 7) is 6.46. The zero-order valence-electron chi connectivity index (χ0n) is 10.9. The van der Waals surface area contributed by atoms with Gasteiger partial charge in [0.15, 0.2) is 0 Å². The molecule has 1 fully saturated rings. The van der Waals surface area contributed by atoms with Gasteiger partial charge in [0.05, 0.1) is 0 Å². The van der Waals surface area contributed by atoms with Crippen LogP contribution in [0.4, 0.5) is 0 Å². The molecule has 0 bridgehead atoms. The minimum absolute atomic E-state index is 0.179. The van der Waals surface area contributed by atoms with E-state index in [4.69, 9.17) is 0 Å². The predicted octanol–water partition coefficient (Wildman–Crippen LogP) is 2.56. The monoisotopic (exact) mass is 233 g/mol. The minimum Gasteiger partial charge on any atom is -0.396 e. The fourth-order valence-corrected chi connectivity index (χ4v) is 2.57. The lowest BCUT2D eigenvalue weighted by molar-refractivity contribution is 0.0445. The Labute approximate surface area is 104 Å². The van der Waals surface area contributed by atoms with E-state index in [-0.39, 0.29) is 5.41 Å². The van der Waals surface area contributed by atoms with Crippen LogP contribution >= 0.6 is 0 Å². The maximum atomic E-state index is 9.38. The van der Waals surface area contributed by atoms with Gasteiger partial charge in [-0.2, -0.15) is 0 Å². The fourth-order valence-electron chi connectivity index (χ4n) is 2.57. The molecule has 0 atom stereocenters. The Hall–Kier alpha value is -0.860. The van der Waals surface area contributed by atoms with Crippen molar-refractivity contribution in [3.8, 4) is 0 Å². The molecule has 0 saturated heterocycles. The molecular weight excluding hydrogens is 210 g/mol. The minimum atomic E-state index is 0.179. The smallest absolute Gasteiger partial charge is 0.0499 e. The summed E-state index contributed by atoms with van der Waals surface area (Å²) >= 11 is 0. The molecule has 2 nitrogen and oxygen atoms in total. The van der Waals surface area contributed by atoms with Crippen LogP contribution in [-0.2, 0) is 6.54 Å². The standard InChI is InChI=1S/C15H23NO/c1-12-4-5-14(13(2)8-12)9-16-10-15(11-17)6-3-7-15/h4-5,8,16-17H,3,6-7,9-11H2,1-2H3. The summed E-state index contributed by atoms with van der Waals surface area (Å²) < 4.78 is 0. The second-order valence-electron chi connectivity index (χ2n) is 5.55. The highest BCUT2D eigenvalue weighted by Crippen LogP contribution is 2.39. The van der Waals surface area contributed by atoms with Crippen molar-refractivity contribution >= 4 is 0 Å². The lowest BCUT2D eigenvalue weighted by Gasteiger charge is -2.40.